The monoisotopic (exact) mass is 767 g/mol. The van der Waals surface area contributed by atoms with Gasteiger partial charge in [0.05, 0.1) is 5.41 Å². The van der Waals surface area contributed by atoms with E-state index in [-0.39, 0.29) is 0 Å². The highest BCUT2D eigenvalue weighted by atomic mass is 16.3. The van der Waals surface area contributed by atoms with E-state index in [4.69, 9.17) is 4.42 Å². The molecule has 0 atom stereocenters. The van der Waals surface area contributed by atoms with E-state index >= 15 is 0 Å². The highest BCUT2D eigenvalue weighted by Crippen LogP contribution is 2.57. The molecule has 284 valence electrons. The Labute approximate surface area is 350 Å². The van der Waals surface area contributed by atoms with E-state index in [0.29, 0.717) is 0 Å². The van der Waals surface area contributed by atoms with Crippen molar-refractivity contribution in [1.82, 2.24) is 0 Å². The SMILES string of the molecule is C=C/C=C\c1ccc2cc(N(c3ccc(-c4ccc5oc6ccccc6c5c4)cc3)c3ccc4c(c3)C(c3ccccc3)(c3ccccc3)c3ccccc3-4)ccc2c1C. The highest BCUT2D eigenvalue weighted by Gasteiger charge is 2.46. The van der Waals surface area contributed by atoms with E-state index in [9.17, 15) is 0 Å². The minimum absolute atomic E-state index is 0.508. The van der Waals surface area contributed by atoms with E-state index in [2.05, 4.69) is 213 Å². The van der Waals surface area contributed by atoms with Gasteiger partial charge in [-0.15, -0.1) is 0 Å². The van der Waals surface area contributed by atoms with Crippen LogP contribution in [0.25, 0.3) is 61.0 Å². The van der Waals surface area contributed by atoms with E-state index < -0.39 is 5.41 Å². The van der Waals surface area contributed by atoms with Crippen LogP contribution in [0.1, 0.15) is 33.4 Å². The van der Waals surface area contributed by atoms with Crippen molar-refractivity contribution in [2.24, 2.45) is 0 Å². The maximum Gasteiger partial charge on any atom is 0.135 e. The van der Waals surface area contributed by atoms with Gasteiger partial charge in [0.25, 0.3) is 0 Å². The molecule has 11 rings (SSSR count). The molecule has 0 unspecified atom stereocenters. The van der Waals surface area contributed by atoms with Gasteiger partial charge in [0, 0.05) is 27.8 Å². The molecule has 1 aliphatic rings. The minimum Gasteiger partial charge on any atom is -0.456 e. The van der Waals surface area contributed by atoms with Gasteiger partial charge >= 0.3 is 0 Å². The fourth-order valence-electron chi connectivity index (χ4n) is 9.71. The molecule has 10 aromatic rings. The van der Waals surface area contributed by atoms with Crippen molar-refractivity contribution >= 4 is 55.8 Å². The van der Waals surface area contributed by atoms with Crippen molar-refractivity contribution in [2.75, 3.05) is 4.90 Å². The zero-order chi connectivity index (χ0) is 40.2. The number of para-hydroxylation sites is 1. The third-order valence-electron chi connectivity index (χ3n) is 12.5. The lowest BCUT2D eigenvalue weighted by atomic mass is 9.67. The van der Waals surface area contributed by atoms with E-state index in [1.807, 2.05) is 24.3 Å². The van der Waals surface area contributed by atoms with Gasteiger partial charge < -0.3 is 9.32 Å². The number of furan rings is 1. The fourth-order valence-corrected chi connectivity index (χ4v) is 9.71. The average molecular weight is 768 g/mol. The highest BCUT2D eigenvalue weighted by molar-refractivity contribution is 6.06. The van der Waals surface area contributed by atoms with Crippen LogP contribution in [0.15, 0.2) is 223 Å². The van der Waals surface area contributed by atoms with Gasteiger partial charge in [-0.3, -0.25) is 0 Å². The zero-order valence-electron chi connectivity index (χ0n) is 33.3. The Morgan fingerprint density at radius 1 is 0.483 bits per heavy atom. The predicted octanol–water partition coefficient (Wildman–Crippen LogP) is 15.7. The maximum atomic E-state index is 6.16. The summed E-state index contributed by atoms with van der Waals surface area (Å²) in [7, 11) is 0. The van der Waals surface area contributed by atoms with Gasteiger partial charge in [0.2, 0.25) is 0 Å². The second-order valence-electron chi connectivity index (χ2n) is 15.7. The molecule has 1 aromatic heterocycles. The second kappa shape index (κ2) is 14.3. The number of hydrogen-bond acceptors (Lipinski definition) is 2. The average Bonchev–Trinajstić information content (AvgIpc) is 3.83. The van der Waals surface area contributed by atoms with Crippen LogP contribution < -0.4 is 4.90 Å². The largest absolute Gasteiger partial charge is 0.456 e. The number of benzene rings is 9. The molecule has 0 saturated carbocycles. The topological polar surface area (TPSA) is 16.4 Å². The lowest BCUT2D eigenvalue weighted by Crippen LogP contribution is -2.28. The van der Waals surface area contributed by atoms with Crippen LogP contribution in [0.4, 0.5) is 17.1 Å². The molecule has 0 fully saturated rings. The molecule has 2 heteroatoms. The summed E-state index contributed by atoms with van der Waals surface area (Å²) in [4.78, 5) is 2.42. The minimum atomic E-state index is -0.508. The summed E-state index contributed by atoms with van der Waals surface area (Å²) >= 11 is 0. The molecule has 2 nitrogen and oxygen atoms in total. The zero-order valence-corrected chi connectivity index (χ0v) is 33.3. The van der Waals surface area contributed by atoms with Gasteiger partial charge in [0.1, 0.15) is 11.2 Å². The first-order valence-corrected chi connectivity index (χ1v) is 20.6. The first-order valence-electron chi connectivity index (χ1n) is 20.6. The molecule has 0 aliphatic heterocycles. The number of allylic oxidation sites excluding steroid dienone is 2. The molecule has 1 heterocycles. The van der Waals surface area contributed by atoms with Crippen molar-refractivity contribution in [3.05, 3.63) is 252 Å². The number of anilines is 3. The van der Waals surface area contributed by atoms with Crippen LogP contribution in [-0.2, 0) is 5.41 Å². The Kier molecular flexibility index (Phi) is 8.46. The van der Waals surface area contributed by atoms with E-state index in [1.54, 1.807) is 0 Å². The van der Waals surface area contributed by atoms with Crippen molar-refractivity contribution in [3.8, 4) is 22.3 Å². The number of rotatable bonds is 8. The van der Waals surface area contributed by atoms with Gasteiger partial charge in [-0.25, -0.2) is 0 Å². The Hall–Kier alpha value is -7.68. The van der Waals surface area contributed by atoms with Crippen molar-refractivity contribution in [2.45, 2.75) is 12.3 Å². The molecule has 0 bridgehead atoms. The summed E-state index contributed by atoms with van der Waals surface area (Å²) in [5.41, 5.74) is 16.9. The van der Waals surface area contributed by atoms with Crippen molar-refractivity contribution in [3.63, 3.8) is 0 Å². The Bertz CT molecular complexity index is 3240. The number of nitrogens with zero attached hydrogens (tertiary/aromatic N) is 1. The summed E-state index contributed by atoms with van der Waals surface area (Å²) in [5.74, 6) is 0. The van der Waals surface area contributed by atoms with Crippen molar-refractivity contribution in [1.29, 1.82) is 0 Å². The molecule has 1 aliphatic carbocycles. The van der Waals surface area contributed by atoms with Gasteiger partial charge in [-0.2, -0.15) is 0 Å². The first kappa shape index (κ1) is 35.5. The van der Waals surface area contributed by atoms with Crippen LogP contribution >= 0.6 is 0 Å². The summed E-state index contributed by atoms with van der Waals surface area (Å²) in [5, 5.41) is 4.69. The summed E-state index contributed by atoms with van der Waals surface area (Å²) in [6.45, 7) is 6.08. The van der Waals surface area contributed by atoms with Crippen LogP contribution in [0.2, 0.25) is 0 Å². The molecule has 0 radical (unpaired) electrons. The standard InChI is InChI=1S/C58H41NO/c1-3-4-15-40-24-25-43-36-47(31-33-49(43)39(40)2)59(46-29-26-41(27-30-46)42-28-35-57-53(37-42)52-21-12-14-23-56(52)60-57)48-32-34-51-50-20-11-13-22-54(50)58(55(51)38-48,44-16-7-5-8-17-44)45-18-9-6-10-19-45/h3-38H,1H2,2H3/b15-4-. The molecule has 0 saturated heterocycles. The number of aryl methyl sites for hydroxylation is 1. The van der Waals surface area contributed by atoms with Gasteiger partial charge in [-0.1, -0.05) is 170 Å². The molecule has 0 spiro atoms. The van der Waals surface area contributed by atoms with Crippen LogP contribution in [0, 0.1) is 6.92 Å². The summed E-state index contributed by atoms with van der Waals surface area (Å²) in [6.07, 6.45) is 5.96. The third kappa shape index (κ3) is 5.56. The van der Waals surface area contributed by atoms with Gasteiger partial charge in [-0.05, 0) is 128 Å². The smallest absolute Gasteiger partial charge is 0.135 e. The van der Waals surface area contributed by atoms with Crippen LogP contribution in [0.5, 0.6) is 0 Å². The molecule has 0 amide bonds. The van der Waals surface area contributed by atoms with E-state index in [1.165, 1.54) is 55.3 Å². The molecular formula is C58H41NO. The fraction of sp³-hybridized carbons (Fsp3) is 0.0345. The molecule has 9 aromatic carbocycles. The van der Waals surface area contributed by atoms with Crippen molar-refractivity contribution < 1.29 is 4.42 Å². The van der Waals surface area contributed by atoms with Gasteiger partial charge in [0.15, 0.2) is 0 Å². The summed E-state index contributed by atoms with van der Waals surface area (Å²) < 4.78 is 6.16. The number of hydrogen-bond donors (Lipinski definition) is 0. The third-order valence-corrected chi connectivity index (χ3v) is 12.5. The normalized spacial score (nSPS) is 12.9. The number of fused-ring (bicyclic) bond motifs is 7. The van der Waals surface area contributed by atoms with Crippen LogP contribution in [0.3, 0.4) is 0 Å². The van der Waals surface area contributed by atoms with E-state index in [0.717, 1.165) is 50.1 Å². The Balaban J connectivity index is 1.11. The maximum absolute atomic E-state index is 6.16. The second-order valence-corrected chi connectivity index (χ2v) is 15.7. The first-order chi connectivity index (χ1) is 29.6. The Morgan fingerprint density at radius 3 is 1.90 bits per heavy atom. The quantitative estimate of drug-likeness (QED) is 0.143. The molecule has 60 heavy (non-hydrogen) atoms. The predicted molar refractivity (Wildman–Crippen MR) is 253 cm³/mol. The lowest BCUT2D eigenvalue weighted by Gasteiger charge is -2.35. The summed E-state index contributed by atoms with van der Waals surface area (Å²) in [6, 6.07) is 73.2. The Morgan fingerprint density at radius 2 is 1.12 bits per heavy atom. The molecular weight excluding hydrogens is 727 g/mol. The lowest BCUT2D eigenvalue weighted by molar-refractivity contribution is 0.669. The van der Waals surface area contributed by atoms with Crippen LogP contribution in [-0.4, -0.2) is 0 Å². The molecule has 0 N–H and O–H groups in total.